The molecule has 0 bridgehead atoms. The summed E-state index contributed by atoms with van der Waals surface area (Å²) in [6.45, 7) is 2.75. The van der Waals surface area contributed by atoms with Gasteiger partial charge in [-0.3, -0.25) is 4.79 Å². The van der Waals surface area contributed by atoms with E-state index in [0.717, 1.165) is 35.5 Å². The van der Waals surface area contributed by atoms with Crippen molar-refractivity contribution in [1.82, 2.24) is 4.98 Å². The van der Waals surface area contributed by atoms with Gasteiger partial charge in [-0.1, -0.05) is 43.7 Å². The van der Waals surface area contributed by atoms with Crippen LogP contribution < -0.4 is 21.5 Å². The standard InChI is InChI=1S/C25H23N5O2S/c1-2-3-13-32-17-11-9-15(10-12-17)19-18(14-26)23(28)30-25-20(19)21(27)22(33-25)24(31)29-16-7-5-4-6-8-16/h4-12H,2-3,13,27H2,1H3,(H2,28,30)(H,29,31). The van der Waals surface area contributed by atoms with Gasteiger partial charge in [-0.05, 0) is 36.2 Å². The molecule has 0 radical (unpaired) electrons. The highest BCUT2D eigenvalue weighted by molar-refractivity contribution is 7.21. The first-order valence-electron chi connectivity index (χ1n) is 10.5. The summed E-state index contributed by atoms with van der Waals surface area (Å²) in [6, 6.07) is 18.7. The lowest BCUT2D eigenvalue weighted by molar-refractivity contribution is 0.103. The van der Waals surface area contributed by atoms with Crippen molar-refractivity contribution in [2.45, 2.75) is 19.8 Å². The van der Waals surface area contributed by atoms with Crippen LogP contribution in [0.4, 0.5) is 17.2 Å². The third kappa shape index (κ3) is 4.45. The normalized spacial score (nSPS) is 10.7. The zero-order chi connectivity index (χ0) is 23.4. The Kier molecular flexibility index (Phi) is 6.43. The molecule has 0 aliphatic heterocycles. The number of ether oxygens (including phenoxy) is 1. The number of hydrogen-bond acceptors (Lipinski definition) is 7. The maximum atomic E-state index is 12.9. The van der Waals surface area contributed by atoms with Gasteiger partial charge in [-0.2, -0.15) is 5.26 Å². The quantitative estimate of drug-likeness (QED) is 0.318. The van der Waals surface area contributed by atoms with E-state index in [1.54, 1.807) is 12.1 Å². The van der Waals surface area contributed by atoms with Gasteiger partial charge in [0.1, 0.15) is 32.9 Å². The van der Waals surface area contributed by atoms with Gasteiger partial charge in [-0.25, -0.2) is 4.98 Å². The molecule has 0 unspecified atom stereocenters. The zero-order valence-corrected chi connectivity index (χ0v) is 18.9. The molecule has 2 aromatic carbocycles. The highest BCUT2D eigenvalue weighted by atomic mass is 32.1. The monoisotopic (exact) mass is 457 g/mol. The van der Waals surface area contributed by atoms with Crippen LogP contribution in [0.25, 0.3) is 21.3 Å². The first-order valence-corrected chi connectivity index (χ1v) is 11.4. The zero-order valence-electron chi connectivity index (χ0n) is 18.1. The minimum atomic E-state index is -0.343. The Morgan fingerprint density at radius 2 is 1.88 bits per heavy atom. The van der Waals surface area contributed by atoms with Crippen LogP contribution in [-0.4, -0.2) is 17.5 Å². The summed E-state index contributed by atoms with van der Waals surface area (Å²) in [7, 11) is 0. The molecule has 0 saturated heterocycles. The van der Waals surface area contributed by atoms with E-state index in [4.69, 9.17) is 16.2 Å². The lowest BCUT2D eigenvalue weighted by Crippen LogP contribution is -2.11. The molecule has 33 heavy (non-hydrogen) atoms. The van der Waals surface area contributed by atoms with Crippen molar-refractivity contribution in [1.29, 1.82) is 5.26 Å². The summed E-state index contributed by atoms with van der Waals surface area (Å²) in [5.74, 6) is 0.495. The summed E-state index contributed by atoms with van der Waals surface area (Å²) in [5.41, 5.74) is 15.0. The molecule has 4 aromatic rings. The highest BCUT2D eigenvalue weighted by Crippen LogP contribution is 2.43. The maximum Gasteiger partial charge on any atom is 0.267 e. The molecule has 7 nitrogen and oxygen atoms in total. The number of carbonyl (C=O) groups is 1. The van der Waals surface area contributed by atoms with Crippen molar-refractivity contribution in [3.05, 3.63) is 65.0 Å². The van der Waals surface area contributed by atoms with Crippen LogP contribution in [0.1, 0.15) is 35.0 Å². The second-order valence-corrected chi connectivity index (χ2v) is 8.43. The van der Waals surface area contributed by atoms with Crippen molar-refractivity contribution >= 4 is 44.7 Å². The van der Waals surface area contributed by atoms with Crippen LogP contribution in [0, 0.1) is 11.3 Å². The Bertz CT molecular complexity index is 1340. The molecular formula is C25H23N5O2S. The SMILES string of the molecule is CCCCOc1ccc(-c2c(C#N)c(N)nc3sc(C(=O)Nc4ccccc4)c(N)c23)cc1. The number of nitrogen functional groups attached to an aromatic ring is 2. The van der Waals surface area contributed by atoms with Crippen LogP contribution in [0.15, 0.2) is 54.6 Å². The van der Waals surface area contributed by atoms with Gasteiger partial charge >= 0.3 is 0 Å². The van der Waals surface area contributed by atoms with Crippen LogP contribution in [0.3, 0.4) is 0 Å². The van der Waals surface area contributed by atoms with E-state index >= 15 is 0 Å². The van der Waals surface area contributed by atoms with Crippen LogP contribution in [0.2, 0.25) is 0 Å². The van der Waals surface area contributed by atoms with Crippen molar-refractivity contribution in [2.24, 2.45) is 0 Å². The number of rotatable bonds is 7. The molecule has 0 fully saturated rings. The van der Waals surface area contributed by atoms with E-state index < -0.39 is 0 Å². The predicted octanol–water partition coefficient (Wildman–Crippen LogP) is 5.43. The Morgan fingerprint density at radius 1 is 1.15 bits per heavy atom. The smallest absolute Gasteiger partial charge is 0.267 e. The second-order valence-electron chi connectivity index (χ2n) is 7.43. The average Bonchev–Trinajstić information content (AvgIpc) is 3.15. The highest BCUT2D eigenvalue weighted by Gasteiger charge is 2.24. The molecule has 4 rings (SSSR count). The summed E-state index contributed by atoms with van der Waals surface area (Å²) >= 11 is 1.15. The summed E-state index contributed by atoms with van der Waals surface area (Å²) in [6.07, 6.45) is 2.02. The molecule has 5 N–H and O–H groups in total. The van der Waals surface area contributed by atoms with E-state index in [1.165, 1.54) is 0 Å². The molecule has 1 amide bonds. The molecule has 0 spiro atoms. The third-order valence-electron chi connectivity index (χ3n) is 5.16. The number of thiophene rings is 1. The number of nitriles is 1. The molecular weight excluding hydrogens is 434 g/mol. The molecule has 0 atom stereocenters. The average molecular weight is 458 g/mol. The van der Waals surface area contributed by atoms with Gasteiger partial charge in [0.05, 0.1) is 12.3 Å². The van der Waals surface area contributed by atoms with Gasteiger partial charge in [-0.15, -0.1) is 11.3 Å². The second kappa shape index (κ2) is 9.59. The first kappa shape index (κ1) is 22.1. The number of hydrogen-bond donors (Lipinski definition) is 3. The fraction of sp³-hybridized carbons (Fsp3) is 0.160. The number of fused-ring (bicyclic) bond motifs is 1. The van der Waals surface area contributed by atoms with Crippen LogP contribution in [0.5, 0.6) is 5.75 Å². The number of para-hydroxylation sites is 1. The predicted molar refractivity (Wildman–Crippen MR) is 133 cm³/mol. The summed E-state index contributed by atoms with van der Waals surface area (Å²) in [5, 5.41) is 13.2. The molecule has 0 aliphatic carbocycles. The summed E-state index contributed by atoms with van der Waals surface area (Å²) < 4.78 is 5.74. The number of unbranched alkanes of at least 4 members (excludes halogenated alkanes) is 1. The summed E-state index contributed by atoms with van der Waals surface area (Å²) in [4.78, 5) is 18.1. The first-order chi connectivity index (χ1) is 16.0. The number of anilines is 3. The van der Waals surface area contributed by atoms with Gasteiger partial charge in [0, 0.05) is 16.6 Å². The van der Waals surface area contributed by atoms with Gasteiger partial charge in [0.2, 0.25) is 0 Å². The molecule has 0 saturated carbocycles. The van der Waals surface area contributed by atoms with E-state index in [0.29, 0.717) is 33.0 Å². The lowest BCUT2D eigenvalue weighted by atomic mass is 9.97. The van der Waals surface area contributed by atoms with Crippen molar-refractivity contribution in [2.75, 3.05) is 23.4 Å². The topological polar surface area (TPSA) is 127 Å². The number of amides is 1. The van der Waals surface area contributed by atoms with E-state index in [2.05, 4.69) is 23.3 Å². The molecule has 8 heteroatoms. The maximum absolute atomic E-state index is 12.9. The van der Waals surface area contributed by atoms with Gasteiger partial charge in [0.15, 0.2) is 0 Å². The van der Waals surface area contributed by atoms with Gasteiger partial charge in [0.25, 0.3) is 5.91 Å². The molecule has 2 aromatic heterocycles. The van der Waals surface area contributed by atoms with Crippen molar-refractivity contribution in [3.63, 3.8) is 0 Å². The molecule has 2 heterocycles. The largest absolute Gasteiger partial charge is 0.494 e. The van der Waals surface area contributed by atoms with Gasteiger partial charge < -0.3 is 21.5 Å². The molecule has 166 valence electrons. The Labute approximate surface area is 195 Å². The number of benzene rings is 2. The van der Waals surface area contributed by atoms with Crippen molar-refractivity contribution in [3.8, 4) is 22.9 Å². The van der Waals surface area contributed by atoms with E-state index in [9.17, 15) is 10.1 Å². The number of aromatic nitrogens is 1. The minimum absolute atomic E-state index is 0.0968. The van der Waals surface area contributed by atoms with Crippen LogP contribution in [-0.2, 0) is 0 Å². The van der Waals surface area contributed by atoms with Crippen molar-refractivity contribution < 1.29 is 9.53 Å². The lowest BCUT2D eigenvalue weighted by Gasteiger charge is -2.11. The fourth-order valence-corrected chi connectivity index (χ4v) is 4.51. The number of nitrogens with one attached hydrogen (secondary N) is 1. The number of nitrogens with two attached hydrogens (primary N) is 2. The number of pyridine rings is 1. The number of nitrogens with zero attached hydrogens (tertiary/aromatic N) is 2. The Balaban J connectivity index is 1.79. The van der Waals surface area contributed by atoms with E-state index in [1.807, 2.05) is 42.5 Å². The van der Waals surface area contributed by atoms with Crippen LogP contribution >= 0.6 is 11.3 Å². The number of carbonyl (C=O) groups excluding carboxylic acids is 1. The third-order valence-corrected chi connectivity index (χ3v) is 6.26. The fourth-order valence-electron chi connectivity index (χ4n) is 3.50. The minimum Gasteiger partial charge on any atom is -0.494 e. The van der Waals surface area contributed by atoms with E-state index in [-0.39, 0.29) is 23.0 Å². The molecule has 0 aliphatic rings. The Morgan fingerprint density at radius 3 is 2.55 bits per heavy atom. The Hall–Kier alpha value is -4.09.